The largest absolute Gasteiger partial charge is 0.379 e. The van der Waals surface area contributed by atoms with Gasteiger partial charge in [0.15, 0.2) is 0 Å². The Balaban J connectivity index is 1.55. The van der Waals surface area contributed by atoms with Gasteiger partial charge in [0.05, 0.1) is 43.0 Å². The zero-order valence-electron chi connectivity index (χ0n) is 15.4. The third-order valence-corrected chi connectivity index (χ3v) is 5.82. The van der Waals surface area contributed by atoms with E-state index < -0.39 is 0 Å². The van der Waals surface area contributed by atoms with E-state index in [0.29, 0.717) is 32.1 Å². The molecule has 26 heavy (non-hydrogen) atoms. The van der Waals surface area contributed by atoms with Crippen LogP contribution >= 0.6 is 0 Å². The van der Waals surface area contributed by atoms with Gasteiger partial charge in [0.25, 0.3) is 0 Å². The minimum absolute atomic E-state index is 0.0947. The van der Waals surface area contributed by atoms with E-state index in [1.54, 1.807) is 11.2 Å². The van der Waals surface area contributed by atoms with Crippen LogP contribution in [0.3, 0.4) is 0 Å². The number of aryl methyl sites for hydroxylation is 1. The summed E-state index contributed by atoms with van der Waals surface area (Å²) in [4.78, 5) is 33.4. The van der Waals surface area contributed by atoms with Gasteiger partial charge >= 0.3 is 6.03 Å². The van der Waals surface area contributed by atoms with Crippen molar-refractivity contribution < 1.29 is 14.3 Å². The van der Waals surface area contributed by atoms with Gasteiger partial charge in [0.2, 0.25) is 5.91 Å². The molecule has 3 heterocycles. The zero-order valence-corrected chi connectivity index (χ0v) is 15.4. The van der Waals surface area contributed by atoms with Gasteiger partial charge in [0, 0.05) is 33.2 Å². The minimum atomic E-state index is -0.159. The number of nitrogens with one attached hydrogen (secondary N) is 1. The van der Waals surface area contributed by atoms with E-state index in [1.807, 2.05) is 29.8 Å². The highest BCUT2D eigenvalue weighted by Crippen LogP contribution is 2.40. The smallest absolute Gasteiger partial charge is 0.317 e. The Kier molecular flexibility index (Phi) is 4.60. The van der Waals surface area contributed by atoms with E-state index in [-0.39, 0.29) is 30.1 Å². The number of piperidine rings is 1. The van der Waals surface area contributed by atoms with Crippen LogP contribution in [0.2, 0.25) is 0 Å². The Bertz CT molecular complexity index is 680. The van der Waals surface area contributed by atoms with Crippen molar-refractivity contribution >= 4 is 11.9 Å². The first-order valence-electron chi connectivity index (χ1n) is 9.44. The van der Waals surface area contributed by atoms with Gasteiger partial charge in [-0.3, -0.25) is 4.79 Å². The highest BCUT2D eigenvalue weighted by atomic mass is 16.5. The summed E-state index contributed by atoms with van der Waals surface area (Å²) in [5.41, 5.74) is 0.974. The Morgan fingerprint density at radius 1 is 1.35 bits per heavy atom. The first-order valence-corrected chi connectivity index (χ1v) is 9.44. The second-order valence-electron chi connectivity index (χ2n) is 7.63. The summed E-state index contributed by atoms with van der Waals surface area (Å²) >= 11 is 0. The number of carbonyl (C=O) groups is 2. The van der Waals surface area contributed by atoms with Crippen molar-refractivity contribution in [1.29, 1.82) is 0 Å². The molecule has 3 aliphatic rings. The molecule has 1 unspecified atom stereocenters. The monoisotopic (exact) mass is 361 g/mol. The van der Waals surface area contributed by atoms with Crippen molar-refractivity contribution in [2.75, 3.05) is 20.3 Å². The SMILES string of the molecule is CN(C(=O)N[C@@H]1CCC(=O)N(C2CC2)[C@H]1c1cncn1C)C1CCOC1. The van der Waals surface area contributed by atoms with Crippen molar-refractivity contribution in [2.45, 2.75) is 56.3 Å². The first-order chi connectivity index (χ1) is 12.6. The number of amides is 3. The molecule has 1 aliphatic carbocycles. The van der Waals surface area contributed by atoms with E-state index in [1.165, 1.54) is 0 Å². The molecule has 2 aliphatic heterocycles. The predicted molar refractivity (Wildman–Crippen MR) is 94.4 cm³/mol. The van der Waals surface area contributed by atoms with E-state index >= 15 is 0 Å². The van der Waals surface area contributed by atoms with Crippen LogP contribution in [0.15, 0.2) is 12.5 Å². The van der Waals surface area contributed by atoms with E-state index in [2.05, 4.69) is 10.3 Å². The molecule has 4 rings (SSSR count). The van der Waals surface area contributed by atoms with Crippen molar-refractivity contribution in [1.82, 2.24) is 24.7 Å². The molecule has 0 spiro atoms. The third-order valence-electron chi connectivity index (χ3n) is 5.82. The number of imidazole rings is 1. The van der Waals surface area contributed by atoms with Gasteiger partial charge in [-0.05, 0) is 25.7 Å². The fourth-order valence-corrected chi connectivity index (χ4v) is 4.10. The fraction of sp³-hybridized carbons (Fsp3) is 0.722. The summed E-state index contributed by atoms with van der Waals surface area (Å²) in [7, 11) is 3.76. The maximum absolute atomic E-state index is 12.8. The van der Waals surface area contributed by atoms with Crippen LogP contribution in [0.4, 0.5) is 4.79 Å². The molecule has 8 nitrogen and oxygen atoms in total. The lowest BCUT2D eigenvalue weighted by atomic mass is 9.92. The van der Waals surface area contributed by atoms with Crippen molar-refractivity contribution in [3.05, 3.63) is 18.2 Å². The molecule has 1 aromatic rings. The van der Waals surface area contributed by atoms with Gasteiger partial charge in [-0.2, -0.15) is 0 Å². The number of ether oxygens (including phenoxy) is 1. The number of carbonyl (C=O) groups excluding carboxylic acids is 2. The molecule has 142 valence electrons. The summed E-state index contributed by atoms with van der Waals surface area (Å²) in [6.45, 7) is 1.29. The Morgan fingerprint density at radius 2 is 2.15 bits per heavy atom. The molecule has 2 saturated heterocycles. The second-order valence-corrected chi connectivity index (χ2v) is 7.63. The average Bonchev–Trinajstić information content (AvgIpc) is 3.14. The van der Waals surface area contributed by atoms with Crippen LogP contribution in [0.1, 0.15) is 43.8 Å². The van der Waals surface area contributed by atoms with Crippen LogP contribution in [-0.2, 0) is 16.6 Å². The normalized spacial score (nSPS) is 29.1. The standard InChI is InChI=1S/C18H27N5O3/c1-21-11-19-9-15(21)17-14(5-6-16(24)23(17)12-3-4-12)20-18(25)22(2)13-7-8-26-10-13/h9,11-14,17H,3-8,10H2,1-2H3,(H,20,25)/t13?,14-,17-/m1/s1. The minimum Gasteiger partial charge on any atom is -0.379 e. The Labute approximate surface area is 153 Å². The van der Waals surface area contributed by atoms with Crippen LogP contribution < -0.4 is 5.32 Å². The van der Waals surface area contributed by atoms with Crippen molar-refractivity contribution in [3.8, 4) is 0 Å². The van der Waals surface area contributed by atoms with Crippen LogP contribution in [0.5, 0.6) is 0 Å². The molecular formula is C18H27N5O3. The number of hydrogen-bond acceptors (Lipinski definition) is 4. The lowest BCUT2D eigenvalue weighted by Gasteiger charge is -2.42. The molecule has 0 aromatic carbocycles. The summed E-state index contributed by atoms with van der Waals surface area (Å²) in [6.07, 6.45) is 7.64. The Morgan fingerprint density at radius 3 is 2.77 bits per heavy atom. The zero-order chi connectivity index (χ0) is 18.3. The van der Waals surface area contributed by atoms with E-state index in [0.717, 1.165) is 25.0 Å². The first kappa shape index (κ1) is 17.3. The second kappa shape index (κ2) is 6.90. The highest BCUT2D eigenvalue weighted by Gasteiger charge is 2.46. The molecule has 3 atom stereocenters. The highest BCUT2D eigenvalue weighted by molar-refractivity contribution is 5.80. The molecule has 3 amide bonds. The summed E-state index contributed by atoms with van der Waals surface area (Å²) < 4.78 is 7.35. The quantitative estimate of drug-likeness (QED) is 0.869. The molecule has 8 heteroatoms. The van der Waals surface area contributed by atoms with E-state index in [9.17, 15) is 9.59 Å². The number of likely N-dealkylation sites (N-methyl/N-ethyl adjacent to an activating group) is 1. The number of aromatic nitrogens is 2. The fourth-order valence-electron chi connectivity index (χ4n) is 4.10. The van der Waals surface area contributed by atoms with E-state index in [4.69, 9.17) is 4.74 Å². The van der Waals surface area contributed by atoms with Crippen molar-refractivity contribution in [3.63, 3.8) is 0 Å². The lowest BCUT2D eigenvalue weighted by Crippen LogP contribution is -2.56. The number of likely N-dealkylation sites (tertiary alicyclic amines) is 1. The molecule has 1 saturated carbocycles. The third kappa shape index (κ3) is 3.18. The molecule has 0 bridgehead atoms. The van der Waals surface area contributed by atoms with Crippen LogP contribution in [0.25, 0.3) is 0 Å². The molecular weight excluding hydrogens is 334 g/mol. The Hall–Kier alpha value is -2.09. The number of urea groups is 1. The molecule has 0 radical (unpaired) electrons. The average molecular weight is 361 g/mol. The van der Waals surface area contributed by atoms with Crippen LogP contribution in [0, 0.1) is 0 Å². The van der Waals surface area contributed by atoms with Gasteiger partial charge in [-0.15, -0.1) is 0 Å². The molecule has 3 fully saturated rings. The van der Waals surface area contributed by atoms with Gasteiger partial charge < -0.3 is 24.4 Å². The van der Waals surface area contributed by atoms with Crippen LogP contribution in [-0.4, -0.2) is 69.7 Å². The van der Waals surface area contributed by atoms with Gasteiger partial charge in [-0.25, -0.2) is 9.78 Å². The number of nitrogens with zero attached hydrogens (tertiary/aromatic N) is 4. The summed E-state index contributed by atoms with van der Waals surface area (Å²) in [5, 5.41) is 3.19. The summed E-state index contributed by atoms with van der Waals surface area (Å²) in [6, 6.07) is 0.0511. The molecule has 1 N–H and O–H groups in total. The number of hydrogen-bond donors (Lipinski definition) is 1. The van der Waals surface area contributed by atoms with Crippen molar-refractivity contribution in [2.24, 2.45) is 7.05 Å². The lowest BCUT2D eigenvalue weighted by molar-refractivity contribution is -0.138. The van der Waals surface area contributed by atoms with Gasteiger partial charge in [-0.1, -0.05) is 0 Å². The summed E-state index contributed by atoms with van der Waals surface area (Å²) in [5.74, 6) is 0.182. The maximum Gasteiger partial charge on any atom is 0.317 e. The number of rotatable bonds is 4. The van der Waals surface area contributed by atoms with Gasteiger partial charge in [0.1, 0.15) is 0 Å². The maximum atomic E-state index is 12.8. The predicted octanol–water partition coefficient (Wildman–Crippen LogP) is 1.04. The topological polar surface area (TPSA) is 79.7 Å². The molecule has 1 aromatic heterocycles.